The second-order valence-corrected chi connectivity index (χ2v) is 9.15. The molecule has 1 aromatic heterocycles. The van der Waals surface area contributed by atoms with Crippen LogP contribution in [0, 0.1) is 23.2 Å². The number of hydrogen-bond donors (Lipinski definition) is 1. The molecule has 2 fully saturated rings. The van der Waals surface area contributed by atoms with Crippen LogP contribution in [-0.4, -0.2) is 66.8 Å². The Bertz CT molecular complexity index is 929. The van der Waals surface area contributed by atoms with Gasteiger partial charge in [0.1, 0.15) is 0 Å². The van der Waals surface area contributed by atoms with E-state index in [0.29, 0.717) is 30.4 Å². The number of piperidine rings is 1. The summed E-state index contributed by atoms with van der Waals surface area (Å²) in [6, 6.07) is 13.9. The maximum Gasteiger partial charge on any atom is 0.409 e. The zero-order chi connectivity index (χ0) is 23.0. The van der Waals surface area contributed by atoms with E-state index in [4.69, 9.17) is 10.00 Å². The van der Waals surface area contributed by atoms with Gasteiger partial charge in [-0.3, -0.25) is 4.98 Å². The van der Waals surface area contributed by atoms with E-state index >= 15 is 0 Å². The highest BCUT2D eigenvalue weighted by Crippen LogP contribution is 2.39. The van der Waals surface area contributed by atoms with Crippen LogP contribution in [0.15, 0.2) is 48.8 Å². The molecule has 7 heteroatoms. The highest BCUT2D eigenvalue weighted by Gasteiger charge is 2.45. The van der Waals surface area contributed by atoms with Gasteiger partial charge in [0.15, 0.2) is 0 Å². The third-order valence-corrected chi connectivity index (χ3v) is 6.95. The molecular formula is C26H33N5O2. The summed E-state index contributed by atoms with van der Waals surface area (Å²) >= 11 is 0. The zero-order valence-electron chi connectivity index (χ0n) is 19.3. The van der Waals surface area contributed by atoms with Crippen LogP contribution in [0.2, 0.25) is 0 Å². The molecule has 2 unspecified atom stereocenters. The summed E-state index contributed by atoms with van der Waals surface area (Å²) in [6.45, 7) is 4.46. The Hall–Kier alpha value is -3.11. The Morgan fingerprint density at radius 3 is 2.55 bits per heavy atom. The first-order valence-corrected chi connectivity index (χ1v) is 11.9. The second-order valence-electron chi connectivity index (χ2n) is 9.15. The molecule has 2 heterocycles. The molecule has 7 nitrogen and oxygen atoms in total. The van der Waals surface area contributed by atoms with Gasteiger partial charge in [0.05, 0.1) is 18.2 Å². The number of rotatable bonds is 9. The smallest absolute Gasteiger partial charge is 0.409 e. The molecular weight excluding hydrogens is 414 g/mol. The molecule has 2 aromatic rings. The largest absolute Gasteiger partial charge is 0.449 e. The lowest BCUT2D eigenvalue weighted by atomic mass is 9.91. The van der Waals surface area contributed by atoms with Crippen molar-refractivity contribution in [1.29, 1.82) is 5.26 Å². The minimum atomic E-state index is -0.203. The highest BCUT2D eigenvalue weighted by atomic mass is 16.6. The SMILES string of the molecule is CN(C(=O)OCCc1ccncc1)C1C2CCC1CN(CCCNc1ccc(C#N)cc1)C2. The summed E-state index contributed by atoms with van der Waals surface area (Å²) in [5, 5.41) is 12.3. The number of nitriles is 1. The van der Waals surface area contributed by atoms with E-state index in [9.17, 15) is 4.79 Å². The summed E-state index contributed by atoms with van der Waals surface area (Å²) in [4.78, 5) is 21.1. The fraction of sp³-hybridized carbons (Fsp3) is 0.500. The van der Waals surface area contributed by atoms with E-state index in [1.807, 2.05) is 48.3 Å². The van der Waals surface area contributed by atoms with Crippen LogP contribution >= 0.6 is 0 Å². The number of hydrogen-bond acceptors (Lipinski definition) is 6. The standard InChI is InChI=1S/C26H33N5O2/c1-30(26(32)33-16-11-20-9-13-28-14-10-20)25-22-5-6-23(25)19-31(18-22)15-2-12-29-24-7-3-21(17-27)4-8-24/h3-4,7-10,13-14,22-23,25,29H,2,5-6,11-12,15-16,18-19H2,1H3. The number of amides is 1. The van der Waals surface area contributed by atoms with Gasteiger partial charge in [-0.25, -0.2) is 4.79 Å². The number of fused-ring (bicyclic) bond motifs is 2. The van der Waals surface area contributed by atoms with Crippen molar-refractivity contribution in [1.82, 2.24) is 14.8 Å². The van der Waals surface area contributed by atoms with Crippen LogP contribution in [0.1, 0.15) is 30.4 Å². The van der Waals surface area contributed by atoms with Crippen molar-refractivity contribution in [2.75, 3.05) is 45.2 Å². The molecule has 0 spiro atoms. The number of nitrogens with zero attached hydrogens (tertiary/aromatic N) is 4. The number of nitrogens with one attached hydrogen (secondary N) is 1. The first-order valence-electron chi connectivity index (χ1n) is 11.9. The third kappa shape index (κ3) is 6.02. The lowest BCUT2D eigenvalue weighted by Crippen LogP contribution is -2.53. The maximum absolute atomic E-state index is 12.7. The van der Waals surface area contributed by atoms with E-state index in [1.54, 1.807) is 12.4 Å². The number of anilines is 1. The molecule has 1 aromatic carbocycles. The van der Waals surface area contributed by atoms with Gasteiger partial charge in [-0.1, -0.05) is 0 Å². The van der Waals surface area contributed by atoms with Gasteiger partial charge in [-0.15, -0.1) is 0 Å². The van der Waals surface area contributed by atoms with Crippen LogP contribution in [0.25, 0.3) is 0 Å². The highest BCUT2D eigenvalue weighted by molar-refractivity contribution is 5.67. The fourth-order valence-corrected chi connectivity index (χ4v) is 5.33. The van der Waals surface area contributed by atoms with E-state index in [-0.39, 0.29) is 12.1 Å². The first-order chi connectivity index (χ1) is 16.1. The minimum Gasteiger partial charge on any atom is -0.449 e. The summed E-state index contributed by atoms with van der Waals surface area (Å²) in [5.74, 6) is 1.04. The monoisotopic (exact) mass is 447 g/mol. The Kier molecular flexibility index (Phi) is 7.79. The van der Waals surface area contributed by atoms with E-state index in [1.165, 1.54) is 12.8 Å². The molecule has 1 aliphatic carbocycles. The molecule has 1 N–H and O–H groups in total. The Morgan fingerprint density at radius 2 is 1.88 bits per heavy atom. The van der Waals surface area contributed by atoms with Crippen molar-refractivity contribution in [3.8, 4) is 6.07 Å². The number of aromatic nitrogens is 1. The van der Waals surface area contributed by atoms with Crippen molar-refractivity contribution >= 4 is 11.8 Å². The molecule has 1 saturated heterocycles. The predicted molar refractivity (Wildman–Crippen MR) is 128 cm³/mol. The molecule has 2 aliphatic rings. The predicted octanol–water partition coefficient (Wildman–Crippen LogP) is 3.78. The molecule has 2 bridgehead atoms. The molecule has 1 saturated carbocycles. The summed E-state index contributed by atoms with van der Waals surface area (Å²) in [6.07, 6.45) is 7.47. The summed E-state index contributed by atoms with van der Waals surface area (Å²) in [7, 11) is 1.90. The van der Waals surface area contributed by atoms with E-state index in [2.05, 4.69) is 21.3 Å². The molecule has 174 valence electrons. The number of ether oxygens (including phenoxy) is 1. The van der Waals surface area contributed by atoms with Gasteiger partial charge in [0, 0.05) is 57.2 Å². The van der Waals surface area contributed by atoms with Gasteiger partial charge in [-0.05, 0) is 79.6 Å². The second kappa shape index (κ2) is 11.2. The quantitative estimate of drug-likeness (QED) is 0.589. The summed E-state index contributed by atoms with van der Waals surface area (Å²) < 4.78 is 5.58. The van der Waals surface area contributed by atoms with Crippen LogP contribution in [-0.2, 0) is 11.2 Å². The van der Waals surface area contributed by atoms with Crippen LogP contribution in [0.4, 0.5) is 10.5 Å². The minimum absolute atomic E-state index is 0.203. The molecule has 1 amide bonds. The van der Waals surface area contributed by atoms with Crippen LogP contribution in [0.5, 0.6) is 0 Å². The number of carbonyl (C=O) groups excluding carboxylic acids is 1. The average molecular weight is 448 g/mol. The van der Waals surface area contributed by atoms with Gasteiger partial charge in [0.2, 0.25) is 0 Å². The lowest BCUT2D eigenvalue weighted by Gasteiger charge is -2.42. The van der Waals surface area contributed by atoms with E-state index < -0.39 is 0 Å². The number of benzene rings is 1. The van der Waals surface area contributed by atoms with E-state index in [0.717, 1.165) is 43.9 Å². The molecule has 0 radical (unpaired) electrons. The molecule has 2 atom stereocenters. The Morgan fingerprint density at radius 1 is 1.18 bits per heavy atom. The Balaban J connectivity index is 1.18. The molecule has 1 aliphatic heterocycles. The van der Waals surface area contributed by atoms with Crippen molar-refractivity contribution in [2.45, 2.75) is 31.7 Å². The average Bonchev–Trinajstić information content (AvgIpc) is 3.12. The van der Waals surface area contributed by atoms with Gasteiger partial charge in [-0.2, -0.15) is 5.26 Å². The Labute approximate surface area is 196 Å². The van der Waals surface area contributed by atoms with Crippen molar-refractivity contribution in [3.63, 3.8) is 0 Å². The fourth-order valence-electron chi connectivity index (χ4n) is 5.33. The van der Waals surface area contributed by atoms with Crippen LogP contribution < -0.4 is 5.32 Å². The van der Waals surface area contributed by atoms with Crippen molar-refractivity contribution < 1.29 is 9.53 Å². The topological polar surface area (TPSA) is 81.5 Å². The van der Waals surface area contributed by atoms with Gasteiger partial charge >= 0.3 is 6.09 Å². The van der Waals surface area contributed by atoms with Gasteiger partial charge in [0.25, 0.3) is 0 Å². The molecule has 33 heavy (non-hydrogen) atoms. The lowest BCUT2D eigenvalue weighted by molar-refractivity contribution is 0.0439. The normalized spacial score (nSPS) is 21.9. The summed E-state index contributed by atoms with van der Waals surface area (Å²) in [5.41, 5.74) is 2.86. The number of pyridine rings is 1. The van der Waals surface area contributed by atoms with Crippen LogP contribution in [0.3, 0.4) is 0 Å². The van der Waals surface area contributed by atoms with Gasteiger partial charge < -0.3 is 19.9 Å². The zero-order valence-corrected chi connectivity index (χ0v) is 19.3. The maximum atomic E-state index is 12.7. The number of likely N-dealkylation sites (tertiary alicyclic amines) is 1. The first kappa shape index (κ1) is 23.1. The van der Waals surface area contributed by atoms with Crippen molar-refractivity contribution in [3.05, 3.63) is 59.9 Å². The van der Waals surface area contributed by atoms with Crippen molar-refractivity contribution in [2.24, 2.45) is 11.8 Å². The molecule has 4 rings (SSSR count). The number of carbonyl (C=O) groups is 1. The third-order valence-electron chi connectivity index (χ3n) is 6.95.